The molecule has 10 rings (SSSR count). The summed E-state index contributed by atoms with van der Waals surface area (Å²) in [6.07, 6.45) is 0. The van der Waals surface area contributed by atoms with E-state index in [0.717, 1.165) is 77.1 Å². The number of benzene rings is 7. The van der Waals surface area contributed by atoms with E-state index in [1.807, 2.05) is 72.8 Å². The monoisotopic (exact) mass is 615 g/mol. The van der Waals surface area contributed by atoms with Crippen molar-refractivity contribution in [2.75, 3.05) is 0 Å². The Bertz CT molecular complexity index is 2850. The molecule has 0 fully saturated rings. The molecular formula is C43H25N3O2. The van der Waals surface area contributed by atoms with Crippen molar-refractivity contribution in [2.45, 2.75) is 0 Å². The second-order valence-electron chi connectivity index (χ2n) is 12.0. The smallest absolute Gasteiger partial charge is 0.164 e. The summed E-state index contributed by atoms with van der Waals surface area (Å²) >= 11 is 0. The zero-order chi connectivity index (χ0) is 31.6. The molecule has 0 aliphatic rings. The van der Waals surface area contributed by atoms with E-state index < -0.39 is 0 Å². The molecule has 3 heterocycles. The van der Waals surface area contributed by atoms with Gasteiger partial charge < -0.3 is 8.83 Å². The van der Waals surface area contributed by atoms with Gasteiger partial charge in [-0.1, -0.05) is 115 Å². The minimum Gasteiger partial charge on any atom is -0.456 e. The average molecular weight is 616 g/mol. The molecule has 224 valence electrons. The van der Waals surface area contributed by atoms with Crippen molar-refractivity contribution < 1.29 is 8.83 Å². The van der Waals surface area contributed by atoms with Gasteiger partial charge in [-0.15, -0.1) is 0 Å². The Kier molecular flexibility index (Phi) is 5.81. The van der Waals surface area contributed by atoms with Crippen LogP contribution in [0.2, 0.25) is 0 Å². The first-order valence-corrected chi connectivity index (χ1v) is 15.9. The summed E-state index contributed by atoms with van der Waals surface area (Å²) < 4.78 is 12.6. The molecule has 0 unspecified atom stereocenters. The molecule has 0 bridgehead atoms. The van der Waals surface area contributed by atoms with Crippen molar-refractivity contribution in [1.29, 1.82) is 0 Å². The van der Waals surface area contributed by atoms with Gasteiger partial charge in [0, 0.05) is 38.2 Å². The van der Waals surface area contributed by atoms with Crippen LogP contribution in [-0.4, -0.2) is 15.0 Å². The zero-order valence-electron chi connectivity index (χ0n) is 25.6. The second-order valence-corrected chi connectivity index (χ2v) is 12.0. The molecule has 0 radical (unpaired) electrons. The fraction of sp³-hybridized carbons (Fsp3) is 0. The van der Waals surface area contributed by atoms with Gasteiger partial charge in [0.25, 0.3) is 0 Å². The van der Waals surface area contributed by atoms with Crippen molar-refractivity contribution >= 4 is 54.6 Å². The molecule has 48 heavy (non-hydrogen) atoms. The van der Waals surface area contributed by atoms with E-state index in [9.17, 15) is 0 Å². The number of nitrogens with zero attached hydrogens (tertiary/aromatic N) is 3. The first-order valence-electron chi connectivity index (χ1n) is 15.9. The Morgan fingerprint density at radius 2 is 0.938 bits per heavy atom. The highest BCUT2D eigenvalue weighted by Gasteiger charge is 2.20. The van der Waals surface area contributed by atoms with Gasteiger partial charge in [0.1, 0.15) is 22.3 Å². The summed E-state index contributed by atoms with van der Waals surface area (Å²) in [6, 6.07) is 51.6. The van der Waals surface area contributed by atoms with Gasteiger partial charge in [-0.2, -0.15) is 0 Å². The molecule has 0 aliphatic carbocycles. The predicted octanol–water partition coefficient (Wildman–Crippen LogP) is 11.5. The molecule has 0 saturated carbocycles. The Labute approximate surface area is 274 Å². The maximum atomic E-state index is 6.51. The summed E-state index contributed by atoms with van der Waals surface area (Å²) in [5, 5.41) is 6.46. The van der Waals surface area contributed by atoms with Gasteiger partial charge in [0.15, 0.2) is 17.5 Å². The summed E-state index contributed by atoms with van der Waals surface area (Å²) in [5.74, 6) is 1.82. The zero-order valence-corrected chi connectivity index (χ0v) is 25.6. The molecule has 0 N–H and O–H groups in total. The second kappa shape index (κ2) is 10.5. The van der Waals surface area contributed by atoms with E-state index in [1.54, 1.807) is 0 Å². The lowest BCUT2D eigenvalue weighted by atomic mass is 9.96. The number of rotatable bonds is 4. The Hall–Kier alpha value is -6.59. The van der Waals surface area contributed by atoms with Crippen molar-refractivity contribution in [1.82, 2.24) is 15.0 Å². The normalized spacial score (nSPS) is 11.8. The first kappa shape index (κ1) is 26.6. The molecule has 5 heteroatoms. The van der Waals surface area contributed by atoms with Gasteiger partial charge in [-0.3, -0.25) is 0 Å². The highest BCUT2D eigenvalue weighted by molar-refractivity contribution is 6.18. The molecule has 3 aromatic heterocycles. The molecule has 7 aromatic carbocycles. The van der Waals surface area contributed by atoms with Crippen LogP contribution in [0.3, 0.4) is 0 Å². The summed E-state index contributed by atoms with van der Waals surface area (Å²) in [7, 11) is 0. The van der Waals surface area contributed by atoms with Gasteiger partial charge in [-0.25, -0.2) is 15.0 Å². The lowest BCUT2D eigenvalue weighted by Gasteiger charge is -2.10. The fourth-order valence-corrected chi connectivity index (χ4v) is 6.86. The van der Waals surface area contributed by atoms with E-state index in [1.165, 1.54) is 5.39 Å². The third-order valence-corrected chi connectivity index (χ3v) is 9.13. The van der Waals surface area contributed by atoms with Crippen molar-refractivity contribution in [3.63, 3.8) is 0 Å². The molecule has 0 amide bonds. The number of fused-ring (bicyclic) bond motifs is 7. The standard InChI is InChI=1S/C43H25N3O2/c1-2-11-27(12-3-1)41-44-42(30-21-20-26-10-4-5-13-28(26)24-30)46-43(45-41)33-16-9-19-38-40(33)39-31(15-8-18-37(39)48-38)29-22-23-36-34(25-29)32-14-6-7-17-35(32)47-36/h1-25H. The fourth-order valence-electron chi connectivity index (χ4n) is 6.86. The van der Waals surface area contributed by atoms with Gasteiger partial charge in [-0.05, 0) is 58.3 Å². The van der Waals surface area contributed by atoms with Gasteiger partial charge in [0.2, 0.25) is 0 Å². The average Bonchev–Trinajstić information content (AvgIpc) is 3.73. The molecular weight excluding hydrogens is 590 g/mol. The topological polar surface area (TPSA) is 65.0 Å². The van der Waals surface area contributed by atoms with E-state index in [4.69, 9.17) is 23.8 Å². The Morgan fingerprint density at radius 1 is 0.333 bits per heavy atom. The summed E-state index contributed by atoms with van der Waals surface area (Å²) in [6.45, 7) is 0. The number of hydrogen-bond acceptors (Lipinski definition) is 5. The molecule has 0 aliphatic heterocycles. The van der Waals surface area contributed by atoms with Crippen LogP contribution in [0.4, 0.5) is 0 Å². The van der Waals surface area contributed by atoms with E-state index in [0.29, 0.717) is 17.5 Å². The number of para-hydroxylation sites is 1. The maximum absolute atomic E-state index is 6.51. The van der Waals surface area contributed by atoms with Gasteiger partial charge in [0.05, 0.1) is 0 Å². The third-order valence-electron chi connectivity index (χ3n) is 9.13. The van der Waals surface area contributed by atoms with Crippen LogP contribution in [0.15, 0.2) is 160 Å². The van der Waals surface area contributed by atoms with Crippen LogP contribution in [0.1, 0.15) is 0 Å². The highest BCUT2D eigenvalue weighted by Crippen LogP contribution is 2.42. The SMILES string of the molecule is c1ccc(-c2nc(-c3ccc4ccccc4c3)nc(-c3cccc4oc5cccc(-c6ccc7oc8ccccc8c7c6)c5c34)n2)cc1. The maximum Gasteiger partial charge on any atom is 0.164 e. The molecule has 5 nitrogen and oxygen atoms in total. The largest absolute Gasteiger partial charge is 0.456 e. The number of furan rings is 2. The quantitative estimate of drug-likeness (QED) is 0.197. The predicted molar refractivity (Wildman–Crippen MR) is 194 cm³/mol. The summed E-state index contributed by atoms with van der Waals surface area (Å²) in [4.78, 5) is 15.2. The van der Waals surface area contributed by atoms with Crippen LogP contribution in [0.5, 0.6) is 0 Å². The van der Waals surface area contributed by atoms with Crippen LogP contribution in [-0.2, 0) is 0 Å². The third kappa shape index (κ3) is 4.22. The van der Waals surface area contributed by atoms with Crippen molar-refractivity contribution in [3.05, 3.63) is 152 Å². The lowest BCUT2D eigenvalue weighted by Crippen LogP contribution is -2.00. The first-order chi connectivity index (χ1) is 23.8. The minimum absolute atomic E-state index is 0.589. The van der Waals surface area contributed by atoms with Crippen LogP contribution < -0.4 is 0 Å². The minimum atomic E-state index is 0.589. The Balaban J connectivity index is 1.23. The van der Waals surface area contributed by atoms with Crippen molar-refractivity contribution in [2.24, 2.45) is 0 Å². The van der Waals surface area contributed by atoms with Gasteiger partial charge >= 0.3 is 0 Å². The number of aromatic nitrogens is 3. The summed E-state index contributed by atoms with van der Waals surface area (Å²) in [5.41, 5.74) is 8.21. The highest BCUT2D eigenvalue weighted by atomic mass is 16.3. The molecule has 0 spiro atoms. The molecule has 0 saturated heterocycles. The molecule has 0 atom stereocenters. The van der Waals surface area contributed by atoms with Crippen LogP contribution in [0.25, 0.3) is 99.9 Å². The lowest BCUT2D eigenvalue weighted by molar-refractivity contribution is 0.669. The van der Waals surface area contributed by atoms with E-state index in [2.05, 4.69) is 78.9 Å². The van der Waals surface area contributed by atoms with Crippen molar-refractivity contribution in [3.8, 4) is 45.3 Å². The van der Waals surface area contributed by atoms with Crippen LogP contribution in [0, 0.1) is 0 Å². The molecule has 10 aromatic rings. The Morgan fingerprint density at radius 3 is 1.79 bits per heavy atom. The number of hydrogen-bond donors (Lipinski definition) is 0. The van der Waals surface area contributed by atoms with Crippen LogP contribution >= 0.6 is 0 Å². The van der Waals surface area contributed by atoms with E-state index >= 15 is 0 Å². The van der Waals surface area contributed by atoms with E-state index in [-0.39, 0.29) is 0 Å².